The van der Waals surface area contributed by atoms with Crippen molar-refractivity contribution in [1.82, 2.24) is 0 Å². The van der Waals surface area contributed by atoms with Gasteiger partial charge in [-0.05, 0) is 24.6 Å². The van der Waals surface area contributed by atoms with Gasteiger partial charge >= 0.3 is 0 Å². The molecule has 1 heterocycles. The molecular formula is C10H11BrN2O. The summed E-state index contributed by atoms with van der Waals surface area (Å²) in [6.45, 7) is 2.63. The van der Waals surface area contributed by atoms with Crippen LogP contribution >= 0.6 is 15.9 Å². The predicted molar refractivity (Wildman–Crippen MR) is 59.2 cm³/mol. The van der Waals surface area contributed by atoms with E-state index in [-0.39, 0.29) is 11.9 Å². The molecule has 2 rings (SSSR count). The molecule has 2 N–H and O–H groups in total. The molecule has 1 unspecified atom stereocenters. The van der Waals surface area contributed by atoms with Gasteiger partial charge in [0, 0.05) is 10.2 Å². The van der Waals surface area contributed by atoms with Crippen molar-refractivity contribution in [3.8, 4) is 0 Å². The summed E-state index contributed by atoms with van der Waals surface area (Å²) in [5.41, 5.74) is 7.58. The average Bonchev–Trinajstić information content (AvgIpc) is 2.18. The van der Waals surface area contributed by atoms with E-state index in [1.54, 1.807) is 4.90 Å². The van der Waals surface area contributed by atoms with Gasteiger partial charge in [-0.15, -0.1) is 0 Å². The number of nitrogens with two attached hydrogens (primary N) is 1. The summed E-state index contributed by atoms with van der Waals surface area (Å²) in [6, 6.07) is 5.55. The first-order valence-corrected chi connectivity index (χ1v) is 5.22. The van der Waals surface area contributed by atoms with Crippen molar-refractivity contribution in [2.75, 3.05) is 11.4 Å². The van der Waals surface area contributed by atoms with Crippen LogP contribution in [-0.4, -0.2) is 18.5 Å². The summed E-state index contributed by atoms with van der Waals surface area (Å²) in [6.07, 6.45) is 0. The summed E-state index contributed by atoms with van der Waals surface area (Å²) in [4.78, 5) is 13.0. The first-order chi connectivity index (χ1) is 6.59. The average molecular weight is 255 g/mol. The van der Waals surface area contributed by atoms with Gasteiger partial charge in [0.05, 0.1) is 6.54 Å². The molecular weight excluding hydrogens is 244 g/mol. The number of amides is 1. The number of benzene rings is 1. The van der Waals surface area contributed by atoms with E-state index in [0.717, 1.165) is 15.7 Å². The molecule has 1 fully saturated rings. The van der Waals surface area contributed by atoms with E-state index in [1.807, 2.05) is 25.1 Å². The second-order valence-corrected chi connectivity index (χ2v) is 4.34. The topological polar surface area (TPSA) is 46.3 Å². The van der Waals surface area contributed by atoms with Crippen LogP contribution in [0.4, 0.5) is 5.69 Å². The van der Waals surface area contributed by atoms with Gasteiger partial charge in [-0.25, -0.2) is 0 Å². The molecule has 1 saturated heterocycles. The Balaban J connectivity index is 2.26. The van der Waals surface area contributed by atoms with Crippen molar-refractivity contribution in [2.24, 2.45) is 5.73 Å². The summed E-state index contributed by atoms with van der Waals surface area (Å²) < 4.78 is 1.02. The molecule has 1 aliphatic heterocycles. The van der Waals surface area contributed by atoms with E-state index in [0.29, 0.717) is 6.54 Å². The van der Waals surface area contributed by atoms with Crippen LogP contribution < -0.4 is 10.6 Å². The van der Waals surface area contributed by atoms with E-state index < -0.39 is 0 Å². The van der Waals surface area contributed by atoms with Crippen LogP contribution in [0.3, 0.4) is 0 Å². The molecule has 1 amide bonds. The number of β-lactam (4-membered cyclic amide) rings is 1. The monoisotopic (exact) mass is 254 g/mol. The normalized spacial score (nSPS) is 20.9. The van der Waals surface area contributed by atoms with Gasteiger partial charge in [-0.1, -0.05) is 22.0 Å². The van der Waals surface area contributed by atoms with Crippen LogP contribution in [-0.2, 0) is 4.79 Å². The highest BCUT2D eigenvalue weighted by molar-refractivity contribution is 9.10. The number of halogens is 1. The number of carbonyl (C=O) groups excluding carboxylic acids is 1. The zero-order valence-electron chi connectivity index (χ0n) is 7.83. The molecule has 0 aliphatic carbocycles. The lowest BCUT2D eigenvalue weighted by Crippen LogP contribution is -2.61. The predicted octanol–water partition coefficient (Wildman–Crippen LogP) is 1.43. The number of carbonyl (C=O) groups is 1. The van der Waals surface area contributed by atoms with E-state index in [9.17, 15) is 4.79 Å². The maximum absolute atomic E-state index is 11.3. The number of anilines is 1. The Hall–Kier alpha value is -0.870. The molecule has 0 radical (unpaired) electrons. The molecule has 0 saturated carbocycles. The van der Waals surface area contributed by atoms with Crippen LogP contribution in [0.2, 0.25) is 0 Å². The lowest BCUT2D eigenvalue weighted by atomic mass is 10.1. The quantitative estimate of drug-likeness (QED) is 0.771. The first kappa shape index (κ1) is 9.68. The Morgan fingerprint density at radius 2 is 2.29 bits per heavy atom. The second kappa shape index (κ2) is 3.37. The van der Waals surface area contributed by atoms with Gasteiger partial charge < -0.3 is 10.6 Å². The molecule has 1 aromatic carbocycles. The molecule has 3 nitrogen and oxygen atoms in total. The van der Waals surface area contributed by atoms with Crippen LogP contribution in [0.5, 0.6) is 0 Å². The maximum Gasteiger partial charge on any atom is 0.245 e. The maximum atomic E-state index is 11.3. The van der Waals surface area contributed by atoms with E-state index in [2.05, 4.69) is 15.9 Å². The number of rotatable bonds is 1. The van der Waals surface area contributed by atoms with Gasteiger partial charge in [0.25, 0.3) is 0 Å². The molecule has 14 heavy (non-hydrogen) atoms. The zero-order chi connectivity index (χ0) is 10.3. The van der Waals surface area contributed by atoms with E-state index in [4.69, 9.17) is 5.73 Å². The highest BCUT2D eigenvalue weighted by atomic mass is 79.9. The summed E-state index contributed by atoms with van der Waals surface area (Å²) in [5, 5.41) is 0. The fraction of sp³-hybridized carbons (Fsp3) is 0.300. The van der Waals surface area contributed by atoms with Crippen LogP contribution in [0, 0.1) is 6.92 Å². The molecule has 1 aromatic rings. The van der Waals surface area contributed by atoms with Crippen molar-refractivity contribution in [1.29, 1.82) is 0 Å². The minimum absolute atomic E-state index is 0.000697. The van der Waals surface area contributed by atoms with Gasteiger partial charge in [0.15, 0.2) is 0 Å². The highest BCUT2D eigenvalue weighted by Crippen LogP contribution is 2.26. The van der Waals surface area contributed by atoms with Gasteiger partial charge in [0.1, 0.15) is 6.04 Å². The summed E-state index contributed by atoms with van der Waals surface area (Å²) in [5.74, 6) is 0.000697. The van der Waals surface area contributed by atoms with Gasteiger partial charge in [-0.3, -0.25) is 4.79 Å². The molecule has 0 bridgehead atoms. The Morgan fingerprint density at radius 3 is 2.79 bits per heavy atom. The van der Waals surface area contributed by atoms with Crippen molar-refractivity contribution < 1.29 is 4.79 Å². The SMILES string of the molecule is Cc1ccc(N2CC(N)C2=O)cc1Br. The fourth-order valence-electron chi connectivity index (χ4n) is 1.43. The third kappa shape index (κ3) is 1.44. The number of hydrogen-bond acceptors (Lipinski definition) is 2. The molecule has 0 spiro atoms. The molecule has 1 aliphatic rings. The van der Waals surface area contributed by atoms with Gasteiger partial charge in [0.2, 0.25) is 5.91 Å². The number of hydrogen-bond donors (Lipinski definition) is 1. The fourth-order valence-corrected chi connectivity index (χ4v) is 1.80. The molecule has 74 valence electrons. The van der Waals surface area contributed by atoms with E-state index >= 15 is 0 Å². The first-order valence-electron chi connectivity index (χ1n) is 4.42. The lowest BCUT2D eigenvalue weighted by Gasteiger charge is -2.36. The number of aryl methyl sites for hydroxylation is 1. The smallest absolute Gasteiger partial charge is 0.245 e. The van der Waals surface area contributed by atoms with Crippen LogP contribution in [0.1, 0.15) is 5.56 Å². The summed E-state index contributed by atoms with van der Waals surface area (Å²) >= 11 is 3.43. The largest absolute Gasteiger partial charge is 0.318 e. The van der Waals surface area contributed by atoms with Crippen LogP contribution in [0.25, 0.3) is 0 Å². The van der Waals surface area contributed by atoms with Crippen molar-refractivity contribution in [2.45, 2.75) is 13.0 Å². The van der Waals surface area contributed by atoms with Crippen LogP contribution in [0.15, 0.2) is 22.7 Å². The molecule has 0 aromatic heterocycles. The minimum Gasteiger partial charge on any atom is -0.318 e. The van der Waals surface area contributed by atoms with Gasteiger partial charge in [-0.2, -0.15) is 0 Å². The number of nitrogens with zero attached hydrogens (tertiary/aromatic N) is 1. The van der Waals surface area contributed by atoms with Crippen molar-refractivity contribution >= 4 is 27.5 Å². The highest BCUT2D eigenvalue weighted by Gasteiger charge is 2.34. The summed E-state index contributed by atoms with van der Waals surface area (Å²) in [7, 11) is 0. The molecule has 1 atom stereocenters. The third-order valence-electron chi connectivity index (χ3n) is 2.43. The Morgan fingerprint density at radius 1 is 1.57 bits per heavy atom. The molecule has 4 heteroatoms. The van der Waals surface area contributed by atoms with E-state index in [1.165, 1.54) is 0 Å². The Labute approximate surface area is 91.0 Å². The Kier molecular flexibility index (Phi) is 2.33. The second-order valence-electron chi connectivity index (χ2n) is 3.49. The minimum atomic E-state index is -0.310. The van der Waals surface area contributed by atoms with Crippen molar-refractivity contribution in [3.05, 3.63) is 28.2 Å². The third-order valence-corrected chi connectivity index (χ3v) is 3.28. The standard InChI is InChI=1S/C10H11BrN2O/c1-6-2-3-7(4-8(6)11)13-5-9(12)10(13)14/h2-4,9H,5,12H2,1H3. The van der Waals surface area contributed by atoms with Crippen molar-refractivity contribution in [3.63, 3.8) is 0 Å². The zero-order valence-corrected chi connectivity index (χ0v) is 9.41. The Bertz CT molecular complexity index is 392. The lowest BCUT2D eigenvalue weighted by molar-refractivity contribution is -0.123.